The number of ether oxygens (including phenoxy) is 2. The Morgan fingerprint density at radius 1 is 1.28 bits per heavy atom. The van der Waals surface area contributed by atoms with E-state index in [0.29, 0.717) is 18.1 Å². The molecule has 0 radical (unpaired) electrons. The van der Waals surface area contributed by atoms with E-state index in [4.69, 9.17) is 14.6 Å². The maximum Gasteiger partial charge on any atom is 0.161 e. The molecular formula is C13H13BrO3S. The number of halogens is 1. The quantitative estimate of drug-likeness (QED) is 0.911. The summed E-state index contributed by atoms with van der Waals surface area (Å²) in [4.78, 5) is 1.13. The molecule has 1 aromatic heterocycles. The number of hydrogen-bond donors (Lipinski definition) is 1. The summed E-state index contributed by atoms with van der Waals surface area (Å²) in [6.07, 6.45) is 0. The lowest BCUT2D eigenvalue weighted by Crippen LogP contribution is -1.97. The molecule has 0 unspecified atom stereocenters. The van der Waals surface area contributed by atoms with Crippen LogP contribution in [0.5, 0.6) is 11.5 Å². The largest absolute Gasteiger partial charge is 0.493 e. The Bertz CT molecular complexity index is 525. The van der Waals surface area contributed by atoms with Crippen LogP contribution in [0, 0.1) is 0 Å². The van der Waals surface area contributed by atoms with Gasteiger partial charge in [0.2, 0.25) is 0 Å². The van der Waals surface area contributed by atoms with Gasteiger partial charge in [0.1, 0.15) is 6.61 Å². The minimum atomic E-state index is -0.00545. The molecule has 0 aliphatic rings. The van der Waals surface area contributed by atoms with Gasteiger partial charge in [-0.15, -0.1) is 11.3 Å². The molecule has 0 aliphatic carbocycles. The third-order valence-electron chi connectivity index (χ3n) is 2.40. The summed E-state index contributed by atoms with van der Waals surface area (Å²) in [7, 11) is 1.59. The van der Waals surface area contributed by atoms with E-state index in [1.165, 1.54) is 0 Å². The molecule has 2 aromatic rings. The molecular weight excluding hydrogens is 316 g/mol. The molecule has 0 saturated carbocycles. The van der Waals surface area contributed by atoms with Gasteiger partial charge in [0.05, 0.1) is 13.7 Å². The predicted octanol–water partition coefficient (Wildman–Crippen LogP) is 3.59. The minimum absolute atomic E-state index is 0.00545. The lowest BCUT2D eigenvalue weighted by molar-refractivity contribution is 0.275. The van der Waals surface area contributed by atoms with Crippen molar-refractivity contribution in [2.24, 2.45) is 0 Å². The Labute approximate surface area is 118 Å². The van der Waals surface area contributed by atoms with Crippen molar-refractivity contribution in [2.45, 2.75) is 13.2 Å². The maximum absolute atomic E-state index is 9.06. The summed E-state index contributed by atoms with van der Waals surface area (Å²) in [6, 6.07) is 7.44. The topological polar surface area (TPSA) is 38.7 Å². The molecule has 3 nitrogen and oxygen atoms in total. The Morgan fingerprint density at radius 3 is 2.72 bits per heavy atom. The van der Waals surface area contributed by atoms with Crippen LogP contribution in [0.25, 0.3) is 0 Å². The highest BCUT2D eigenvalue weighted by Crippen LogP contribution is 2.29. The Kier molecular flexibility index (Phi) is 4.63. The molecule has 0 saturated heterocycles. The maximum atomic E-state index is 9.06. The summed E-state index contributed by atoms with van der Waals surface area (Å²) >= 11 is 5.04. The van der Waals surface area contributed by atoms with E-state index in [1.54, 1.807) is 24.5 Å². The molecule has 1 heterocycles. The number of rotatable bonds is 5. The average molecular weight is 329 g/mol. The first-order chi connectivity index (χ1) is 8.72. The Morgan fingerprint density at radius 2 is 2.11 bits per heavy atom. The SMILES string of the molecule is COc1cc(CO)ccc1OCc1cc(Br)cs1. The third kappa shape index (κ3) is 3.25. The van der Waals surface area contributed by atoms with Crippen LogP contribution in [0.4, 0.5) is 0 Å². The highest BCUT2D eigenvalue weighted by Gasteiger charge is 2.06. The second-order valence-electron chi connectivity index (χ2n) is 3.66. The van der Waals surface area contributed by atoms with Crippen LogP contribution >= 0.6 is 27.3 Å². The van der Waals surface area contributed by atoms with Gasteiger partial charge in [-0.3, -0.25) is 0 Å². The zero-order valence-electron chi connectivity index (χ0n) is 9.85. The van der Waals surface area contributed by atoms with Crippen molar-refractivity contribution in [3.63, 3.8) is 0 Å². The average Bonchev–Trinajstić information content (AvgIpc) is 2.82. The van der Waals surface area contributed by atoms with Crippen molar-refractivity contribution in [2.75, 3.05) is 7.11 Å². The van der Waals surface area contributed by atoms with Gasteiger partial charge in [-0.2, -0.15) is 0 Å². The lowest BCUT2D eigenvalue weighted by atomic mass is 10.2. The van der Waals surface area contributed by atoms with Gasteiger partial charge in [0.25, 0.3) is 0 Å². The fourth-order valence-corrected chi connectivity index (χ4v) is 2.87. The third-order valence-corrected chi connectivity index (χ3v) is 4.07. The summed E-state index contributed by atoms with van der Waals surface area (Å²) < 4.78 is 12.0. The van der Waals surface area contributed by atoms with E-state index in [0.717, 1.165) is 14.9 Å². The van der Waals surface area contributed by atoms with Crippen molar-refractivity contribution in [3.05, 3.63) is 44.6 Å². The van der Waals surface area contributed by atoms with E-state index >= 15 is 0 Å². The summed E-state index contributed by atoms with van der Waals surface area (Å²) in [5, 5.41) is 11.1. The zero-order valence-corrected chi connectivity index (χ0v) is 12.3. The van der Waals surface area contributed by atoms with E-state index in [2.05, 4.69) is 15.9 Å². The molecule has 18 heavy (non-hydrogen) atoms. The second-order valence-corrected chi connectivity index (χ2v) is 5.57. The standard InChI is InChI=1S/C13H13BrO3S/c1-16-13-4-9(6-15)2-3-12(13)17-7-11-5-10(14)8-18-11/h2-5,8,15H,6-7H2,1H3. The normalized spacial score (nSPS) is 10.4. The monoisotopic (exact) mass is 328 g/mol. The molecule has 0 bridgehead atoms. The number of aliphatic hydroxyl groups is 1. The summed E-state index contributed by atoms with van der Waals surface area (Å²) in [5.41, 5.74) is 0.804. The first-order valence-electron chi connectivity index (χ1n) is 5.36. The van der Waals surface area contributed by atoms with Crippen LogP contribution in [0.3, 0.4) is 0 Å². The molecule has 1 N–H and O–H groups in total. The second kappa shape index (κ2) is 6.22. The van der Waals surface area contributed by atoms with Crippen molar-refractivity contribution >= 4 is 27.3 Å². The van der Waals surface area contributed by atoms with E-state index < -0.39 is 0 Å². The van der Waals surface area contributed by atoms with E-state index in [1.807, 2.05) is 23.6 Å². The van der Waals surface area contributed by atoms with Crippen LogP contribution < -0.4 is 9.47 Å². The Hall–Kier alpha value is -1.04. The molecule has 2 rings (SSSR count). The zero-order chi connectivity index (χ0) is 13.0. The number of thiophene rings is 1. The van der Waals surface area contributed by atoms with Gasteiger partial charge in [0.15, 0.2) is 11.5 Å². The number of benzene rings is 1. The Balaban J connectivity index is 2.08. The summed E-state index contributed by atoms with van der Waals surface area (Å²) in [5.74, 6) is 1.32. The van der Waals surface area contributed by atoms with Gasteiger partial charge in [-0.1, -0.05) is 6.07 Å². The number of methoxy groups -OCH3 is 1. The molecule has 0 aliphatic heterocycles. The predicted molar refractivity (Wildman–Crippen MR) is 75.3 cm³/mol. The highest BCUT2D eigenvalue weighted by molar-refractivity contribution is 9.10. The smallest absolute Gasteiger partial charge is 0.161 e. The molecule has 1 aromatic carbocycles. The molecule has 0 atom stereocenters. The van der Waals surface area contributed by atoms with Gasteiger partial charge in [0, 0.05) is 14.7 Å². The van der Waals surface area contributed by atoms with Crippen LogP contribution in [0.1, 0.15) is 10.4 Å². The first-order valence-corrected chi connectivity index (χ1v) is 7.03. The minimum Gasteiger partial charge on any atom is -0.493 e. The first kappa shape index (κ1) is 13.4. The fraction of sp³-hybridized carbons (Fsp3) is 0.231. The lowest BCUT2D eigenvalue weighted by Gasteiger charge is -2.10. The molecule has 0 fully saturated rings. The van der Waals surface area contributed by atoms with E-state index in [9.17, 15) is 0 Å². The summed E-state index contributed by atoms with van der Waals surface area (Å²) in [6.45, 7) is 0.500. The highest BCUT2D eigenvalue weighted by atomic mass is 79.9. The van der Waals surface area contributed by atoms with Crippen molar-refractivity contribution in [1.82, 2.24) is 0 Å². The van der Waals surface area contributed by atoms with Gasteiger partial charge in [-0.05, 0) is 39.7 Å². The molecule has 5 heteroatoms. The molecule has 0 amide bonds. The van der Waals surface area contributed by atoms with Gasteiger partial charge in [-0.25, -0.2) is 0 Å². The van der Waals surface area contributed by atoms with Crippen molar-refractivity contribution in [1.29, 1.82) is 0 Å². The molecule has 96 valence electrons. The van der Waals surface area contributed by atoms with Crippen LogP contribution in [0.2, 0.25) is 0 Å². The van der Waals surface area contributed by atoms with Gasteiger partial charge >= 0.3 is 0 Å². The number of aliphatic hydroxyl groups excluding tert-OH is 1. The van der Waals surface area contributed by atoms with Crippen molar-refractivity contribution < 1.29 is 14.6 Å². The van der Waals surface area contributed by atoms with Crippen molar-refractivity contribution in [3.8, 4) is 11.5 Å². The van der Waals surface area contributed by atoms with E-state index in [-0.39, 0.29) is 6.61 Å². The van der Waals surface area contributed by atoms with Crippen LogP contribution in [-0.4, -0.2) is 12.2 Å². The number of hydrogen-bond acceptors (Lipinski definition) is 4. The van der Waals surface area contributed by atoms with Crippen LogP contribution in [-0.2, 0) is 13.2 Å². The van der Waals surface area contributed by atoms with Crippen LogP contribution in [0.15, 0.2) is 34.1 Å². The van der Waals surface area contributed by atoms with Gasteiger partial charge < -0.3 is 14.6 Å². The molecule has 0 spiro atoms. The fourth-order valence-electron chi connectivity index (χ4n) is 1.51.